The Labute approximate surface area is 165 Å². The fraction of sp³-hybridized carbons (Fsp3) is 0.391. The molecule has 5 heteroatoms. The Morgan fingerprint density at radius 1 is 1.00 bits per heavy atom. The average Bonchev–Trinajstić information content (AvgIpc) is 2.71. The van der Waals surface area contributed by atoms with Gasteiger partial charge in [-0.1, -0.05) is 48.5 Å². The number of carbonyl (C=O) groups is 2. The molecule has 2 aromatic rings. The van der Waals surface area contributed by atoms with Crippen LogP contribution < -0.4 is 5.32 Å². The van der Waals surface area contributed by atoms with Crippen LogP contribution in [0.25, 0.3) is 0 Å². The Bertz CT molecular complexity index is 786. The van der Waals surface area contributed by atoms with E-state index in [1.54, 1.807) is 23.1 Å². The minimum atomic E-state index is -0.298. The second-order valence-corrected chi connectivity index (χ2v) is 7.38. The van der Waals surface area contributed by atoms with E-state index in [9.17, 15) is 14.0 Å². The van der Waals surface area contributed by atoms with Gasteiger partial charge in [0.1, 0.15) is 12.2 Å². The lowest BCUT2D eigenvalue weighted by molar-refractivity contribution is -0.137. The maximum absolute atomic E-state index is 13.6. The zero-order valence-electron chi connectivity index (χ0n) is 16.1. The summed E-state index contributed by atoms with van der Waals surface area (Å²) >= 11 is 0. The molecule has 0 aromatic heterocycles. The highest BCUT2D eigenvalue weighted by Crippen LogP contribution is 2.22. The first kappa shape index (κ1) is 20.1. The van der Waals surface area contributed by atoms with Crippen molar-refractivity contribution in [3.8, 4) is 0 Å². The van der Waals surface area contributed by atoms with Crippen molar-refractivity contribution in [3.05, 3.63) is 71.5 Å². The van der Waals surface area contributed by atoms with Crippen molar-refractivity contribution in [2.75, 3.05) is 19.6 Å². The molecule has 4 nitrogen and oxygen atoms in total. The van der Waals surface area contributed by atoms with Crippen LogP contribution in [0.4, 0.5) is 4.39 Å². The highest BCUT2D eigenvalue weighted by Gasteiger charge is 2.24. The van der Waals surface area contributed by atoms with Gasteiger partial charge in [0.15, 0.2) is 0 Å². The van der Waals surface area contributed by atoms with Gasteiger partial charge in [0, 0.05) is 19.6 Å². The van der Waals surface area contributed by atoms with Crippen LogP contribution in [-0.2, 0) is 22.4 Å². The number of carbonyl (C=O) groups excluding carboxylic acids is 2. The molecule has 0 spiro atoms. The van der Waals surface area contributed by atoms with Gasteiger partial charge in [-0.2, -0.15) is 0 Å². The molecule has 28 heavy (non-hydrogen) atoms. The fourth-order valence-electron chi connectivity index (χ4n) is 3.68. The third kappa shape index (κ3) is 5.91. The first-order chi connectivity index (χ1) is 13.6. The summed E-state index contributed by atoms with van der Waals surface area (Å²) < 4.78 is 13.6. The van der Waals surface area contributed by atoms with Gasteiger partial charge in [-0.25, -0.2) is 4.39 Å². The molecule has 2 aromatic carbocycles. The highest BCUT2D eigenvalue weighted by atomic mass is 19.1. The summed E-state index contributed by atoms with van der Waals surface area (Å²) in [5.74, 6) is -0.110. The second-order valence-electron chi connectivity index (χ2n) is 7.38. The topological polar surface area (TPSA) is 49.4 Å². The van der Waals surface area contributed by atoms with E-state index in [1.165, 1.54) is 11.6 Å². The molecular weight excluding hydrogens is 355 g/mol. The van der Waals surface area contributed by atoms with Crippen molar-refractivity contribution in [3.63, 3.8) is 0 Å². The largest absolute Gasteiger partial charge is 0.355 e. The third-order valence-electron chi connectivity index (χ3n) is 5.32. The van der Waals surface area contributed by atoms with Crippen LogP contribution in [0.15, 0.2) is 54.6 Å². The number of nitrogens with one attached hydrogen (secondary N) is 1. The summed E-state index contributed by atoms with van der Waals surface area (Å²) in [5, 5.41) is 2.72. The molecule has 1 N–H and O–H groups in total. The number of amides is 2. The number of benzene rings is 2. The number of halogens is 1. The number of piperidine rings is 1. The predicted molar refractivity (Wildman–Crippen MR) is 107 cm³/mol. The van der Waals surface area contributed by atoms with Crippen LogP contribution in [-0.4, -0.2) is 36.3 Å². The summed E-state index contributed by atoms with van der Waals surface area (Å²) in [6.07, 6.45) is 3.25. The molecule has 0 radical (unpaired) electrons. The van der Waals surface area contributed by atoms with Crippen molar-refractivity contribution in [1.82, 2.24) is 10.2 Å². The van der Waals surface area contributed by atoms with Crippen LogP contribution in [0.5, 0.6) is 0 Å². The van der Waals surface area contributed by atoms with Crippen LogP contribution in [0.1, 0.15) is 30.4 Å². The minimum Gasteiger partial charge on any atom is -0.355 e. The van der Waals surface area contributed by atoms with Gasteiger partial charge in [0.2, 0.25) is 11.8 Å². The van der Waals surface area contributed by atoms with Crippen LogP contribution in [0.2, 0.25) is 0 Å². The van der Waals surface area contributed by atoms with Crippen molar-refractivity contribution < 1.29 is 14.0 Å². The Morgan fingerprint density at radius 2 is 1.68 bits per heavy atom. The van der Waals surface area contributed by atoms with Gasteiger partial charge in [-0.3, -0.25) is 9.59 Å². The minimum absolute atomic E-state index is 0.124. The zero-order valence-corrected chi connectivity index (χ0v) is 16.1. The molecule has 0 saturated carbocycles. The van der Waals surface area contributed by atoms with Gasteiger partial charge >= 0.3 is 0 Å². The first-order valence-electron chi connectivity index (χ1n) is 9.93. The normalized spacial score (nSPS) is 14.7. The molecule has 1 heterocycles. The summed E-state index contributed by atoms with van der Waals surface area (Å²) in [7, 11) is 0. The molecule has 0 atom stereocenters. The number of nitrogens with zero attached hydrogens (tertiary/aromatic N) is 1. The Morgan fingerprint density at radius 3 is 2.39 bits per heavy atom. The number of likely N-dealkylation sites (tertiary alicyclic amines) is 1. The van der Waals surface area contributed by atoms with Crippen molar-refractivity contribution in [1.29, 1.82) is 0 Å². The summed E-state index contributed by atoms with van der Waals surface area (Å²) in [6.45, 7) is 1.74. The summed E-state index contributed by atoms with van der Waals surface area (Å²) in [5.41, 5.74) is 1.90. The summed E-state index contributed by atoms with van der Waals surface area (Å²) in [4.78, 5) is 26.2. The van der Waals surface area contributed by atoms with Crippen LogP contribution in [0, 0.1) is 11.7 Å². The molecule has 1 aliphatic heterocycles. The second kappa shape index (κ2) is 10.0. The number of hydrogen-bond donors (Lipinski definition) is 1. The van der Waals surface area contributed by atoms with E-state index in [2.05, 4.69) is 29.6 Å². The van der Waals surface area contributed by atoms with Gasteiger partial charge in [-0.15, -0.1) is 0 Å². The van der Waals surface area contributed by atoms with E-state index in [0.29, 0.717) is 37.5 Å². The Hall–Kier alpha value is -2.69. The molecule has 148 valence electrons. The van der Waals surface area contributed by atoms with Gasteiger partial charge in [0.25, 0.3) is 0 Å². The smallest absolute Gasteiger partial charge is 0.232 e. The summed E-state index contributed by atoms with van der Waals surface area (Å²) in [6, 6.07) is 16.9. The van der Waals surface area contributed by atoms with E-state index in [-0.39, 0.29) is 24.1 Å². The maximum Gasteiger partial charge on any atom is 0.232 e. The molecule has 1 aliphatic rings. The predicted octanol–water partition coefficient (Wildman–Crippen LogP) is 3.36. The lowest BCUT2D eigenvalue weighted by atomic mass is 9.90. The molecule has 2 amide bonds. The van der Waals surface area contributed by atoms with E-state index < -0.39 is 0 Å². The maximum atomic E-state index is 13.6. The number of rotatable bonds is 7. The lowest BCUT2D eigenvalue weighted by Gasteiger charge is -2.32. The van der Waals surface area contributed by atoms with Crippen LogP contribution in [0.3, 0.4) is 0 Å². The fourth-order valence-corrected chi connectivity index (χ4v) is 3.68. The van der Waals surface area contributed by atoms with E-state index in [0.717, 1.165) is 19.3 Å². The van der Waals surface area contributed by atoms with E-state index in [1.807, 2.05) is 6.07 Å². The van der Waals surface area contributed by atoms with Crippen LogP contribution >= 0.6 is 0 Å². The van der Waals surface area contributed by atoms with Crippen molar-refractivity contribution in [2.24, 2.45) is 5.92 Å². The molecule has 1 fully saturated rings. The molecule has 1 saturated heterocycles. The molecule has 3 rings (SSSR count). The zero-order chi connectivity index (χ0) is 19.8. The third-order valence-corrected chi connectivity index (χ3v) is 5.32. The first-order valence-corrected chi connectivity index (χ1v) is 9.93. The van der Waals surface area contributed by atoms with Crippen molar-refractivity contribution >= 4 is 11.8 Å². The van der Waals surface area contributed by atoms with Gasteiger partial charge in [-0.05, 0) is 48.8 Å². The van der Waals surface area contributed by atoms with Crippen molar-refractivity contribution in [2.45, 2.75) is 32.1 Å². The Balaban J connectivity index is 1.35. The standard InChI is InChI=1S/C23H27FN2O2/c24-21-9-5-4-8-20(21)10-13-25-22(27)17-23(28)26-14-11-19(12-15-26)16-18-6-2-1-3-7-18/h1-9,19H,10-17H2,(H,25,27). The SMILES string of the molecule is O=C(CC(=O)N1CCC(Cc2ccccc2)CC1)NCCc1ccccc1F. The van der Waals surface area contributed by atoms with E-state index in [4.69, 9.17) is 0 Å². The monoisotopic (exact) mass is 382 g/mol. The highest BCUT2D eigenvalue weighted by molar-refractivity contribution is 5.96. The van der Waals surface area contributed by atoms with Gasteiger partial charge in [0.05, 0.1) is 0 Å². The van der Waals surface area contributed by atoms with Gasteiger partial charge < -0.3 is 10.2 Å². The Kier molecular flexibility index (Phi) is 7.18. The molecular formula is C23H27FN2O2. The molecule has 0 bridgehead atoms. The number of hydrogen-bond acceptors (Lipinski definition) is 2. The molecule has 0 unspecified atom stereocenters. The quantitative estimate of drug-likeness (QED) is 0.747. The van der Waals surface area contributed by atoms with E-state index >= 15 is 0 Å². The lowest BCUT2D eigenvalue weighted by Crippen LogP contribution is -2.41. The molecule has 0 aliphatic carbocycles. The average molecular weight is 382 g/mol.